The number of carboxylic acids is 1. The molecule has 0 aliphatic carbocycles. The van der Waals surface area contributed by atoms with E-state index in [-0.39, 0.29) is 5.56 Å². The summed E-state index contributed by atoms with van der Waals surface area (Å²) in [7, 11) is 1.73. The second kappa shape index (κ2) is 5.76. The normalized spacial score (nSPS) is 12.0. The molecule has 0 spiro atoms. The van der Waals surface area contributed by atoms with E-state index >= 15 is 0 Å². The second-order valence-corrected chi connectivity index (χ2v) is 4.75. The van der Waals surface area contributed by atoms with Gasteiger partial charge in [0, 0.05) is 24.5 Å². The molecule has 2 aromatic rings. The standard InChI is InChI=1S/C14H16N4O3/c1-8-3-4-9(14(20)21)5-11(8)17-13(19)12(15)10-6-16-18(2)7-10/h3-7,12H,15H2,1-2H3,(H,17,19)(H,20,21). The summed E-state index contributed by atoms with van der Waals surface area (Å²) in [5, 5.41) is 15.6. The third kappa shape index (κ3) is 3.26. The minimum absolute atomic E-state index is 0.103. The predicted molar refractivity (Wildman–Crippen MR) is 76.9 cm³/mol. The van der Waals surface area contributed by atoms with Gasteiger partial charge in [-0.25, -0.2) is 4.79 Å². The third-order valence-electron chi connectivity index (χ3n) is 3.11. The fraction of sp³-hybridized carbons (Fsp3) is 0.214. The van der Waals surface area contributed by atoms with Crippen LogP contribution in [0.1, 0.15) is 27.5 Å². The minimum Gasteiger partial charge on any atom is -0.478 e. The van der Waals surface area contributed by atoms with Crippen molar-refractivity contribution in [3.05, 3.63) is 47.3 Å². The molecule has 1 aromatic carbocycles. The Morgan fingerprint density at radius 1 is 1.43 bits per heavy atom. The number of carbonyl (C=O) groups is 2. The summed E-state index contributed by atoms with van der Waals surface area (Å²) in [6.07, 6.45) is 3.18. The molecular weight excluding hydrogens is 272 g/mol. The lowest BCUT2D eigenvalue weighted by molar-refractivity contribution is -0.117. The molecule has 0 saturated carbocycles. The van der Waals surface area contributed by atoms with Crippen molar-refractivity contribution in [1.29, 1.82) is 0 Å². The highest BCUT2D eigenvalue weighted by Gasteiger charge is 2.18. The van der Waals surface area contributed by atoms with Gasteiger partial charge < -0.3 is 16.2 Å². The van der Waals surface area contributed by atoms with Gasteiger partial charge in [0.25, 0.3) is 0 Å². The van der Waals surface area contributed by atoms with Crippen LogP contribution in [-0.4, -0.2) is 26.8 Å². The quantitative estimate of drug-likeness (QED) is 0.779. The Morgan fingerprint density at radius 3 is 2.71 bits per heavy atom. The first-order valence-corrected chi connectivity index (χ1v) is 6.27. The maximum Gasteiger partial charge on any atom is 0.335 e. The van der Waals surface area contributed by atoms with Crippen molar-refractivity contribution in [2.24, 2.45) is 12.8 Å². The van der Waals surface area contributed by atoms with Crippen molar-refractivity contribution in [3.63, 3.8) is 0 Å². The van der Waals surface area contributed by atoms with Crippen LogP contribution < -0.4 is 11.1 Å². The number of nitrogens with one attached hydrogen (secondary N) is 1. The first kappa shape index (κ1) is 14.7. The molecule has 1 unspecified atom stereocenters. The Morgan fingerprint density at radius 2 is 2.14 bits per heavy atom. The Kier molecular flexibility index (Phi) is 4.04. The number of nitrogens with zero attached hydrogens (tertiary/aromatic N) is 2. The summed E-state index contributed by atoms with van der Waals surface area (Å²) in [5.41, 5.74) is 7.74. The zero-order valence-corrected chi connectivity index (χ0v) is 11.7. The van der Waals surface area contributed by atoms with Crippen LogP contribution in [0.25, 0.3) is 0 Å². The lowest BCUT2D eigenvalue weighted by Gasteiger charge is -2.13. The summed E-state index contributed by atoms with van der Waals surface area (Å²) in [4.78, 5) is 23.1. The number of aromatic carboxylic acids is 1. The van der Waals surface area contributed by atoms with Gasteiger partial charge in [0.05, 0.1) is 11.8 Å². The topological polar surface area (TPSA) is 110 Å². The first-order valence-electron chi connectivity index (χ1n) is 6.27. The summed E-state index contributed by atoms with van der Waals surface area (Å²) < 4.78 is 1.55. The number of amides is 1. The van der Waals surface area contributed by atoms with E-state index in [1.165, 1.54) is 18.3 Å². The van der Waals surface area contributed by atoms with Crippen LogP contribution in [-0.2, 0) is 11.8 Å². The highest BCUT2D eigenvalue weighted by Crippen LogP contribution is 2.19. The zero-order valence-electron chi connectivity index (χ0n) is 11.7. The maximum atomic E-state index is 12.1. The molecule has 1 heterocycles. The Hall–Kier alpha value is -2.67. The van der Waals surface area contributed by atoms with Gasteiger partial charge >= 0.3 is 5.97 Å². The average Bonchev–Trinajstić information content (AvgIpc) is 2.86. The van der Waals surface area contributed by atoms with E-state index in [0.29, 0.717) is 11.3 Å². The van der Waals surface area contributed by atoms with Crippen molar-refractivity contribution in [3.8, 4) is 0 Å². The van der Waals surface area contributed by atoms with Crippen LogP contribution in [0.15, 0.2) is 30.6 Å². The molecule has 1 atom stereocenters. The number of hydrogen-bond donors (Lipinski definition) is 3. The van der Waals surface area contributed by atoms with Crippen LogP contribution in [0.3, 0.4) is 0 Å². The number of hydrogen-bond acceptors (Lipinski definition) is 4. The summed E-state index contributed by atoms with van der Waals surface area (Å²) in [6, 6.07) is 3.65. The summed E-state index contributed by atoms with van der Waals surface area (Å²) in [6.45, 7) is 1.77. The number of carboxylic acid groups (broad SMARTS) is 1. The van der Waals surface area contributed by atoms with Gasteiger partial charge in [0.15, 0.2) is 0 Å². The first-order chi connectivity index (χ1) is 9.88. The monoisotopic (exact) mass is 288 g/mol. The molecule has 1 amide bonds. The average molecular weight is 288 g/mol. The van der Waals surface area contributed by atoms with Crippen LogP contribution in [0.2, 0.25) is 0 Å². The maximum absolute atomic E-state index is 12.1. The number of benzene rings is 1. The molecule has 21 heavy (non-hydrogen) atoms. The van der Waals surface area contributed by atoms with Gasteiger partial charge in [-0.05, 0) is 24.6 Å². The number of aryl methyl sites for hydroxylation is 2. The number of aromatic nitrogens is 2. The van der Waals surface area contributed by atoms with Crippen molar-refractivity contribution < 1.29 is 14.7 Å². The van der Waals surface area contributed by atoms with Crippen molar-refractivity contribution in [2.75, 3.05) is 5.32 Å². The molecule has 0 fully saturated rings. The molecule has 4 N–H and O–H groups in total. The van der Waals surface area contributed by atoms with Crippen molar-refractivity contribution in [1.82, 2.24) is 9.78 Å². The molecule has 1 aromatic heterocycles. The molecule has 7 heteroatoms. The molecule has 0 radical (unpaired) electrons. The summed E-state index contributed by atoms with van der Waals surface area (Å²) >= 11 is 0. The molecule has 0 aliphatic heterocycles. The van der Waals surface area contributed by atoms with Crippen LogP contribution in [0.4, 0.5) is 5.69 Å². The van der Waals surface area contributed by atoms with Gasteiger partial charge in [0.1, 0.15) is 6.04 Å². The smallest absolute Gasteiger partial charge is 0.335 e. The van der Waals surface area contributed by atoms with Crippen LogP contribution in [0.5, 0.6) is 0 Å². The van der Waals surface area contributed by atoms with Crippen LogP contribution >= 0.6 is 0 Å². The molecular formula is C14H16N4O3. The van der Waals surface area contributed by atoms with Crippen molar-refractivity contribution >= 4 is 17.6 Å². The Balaban J connectivity index is 2.19. The van der Waals surface area contributed by atoms with Gasteiger partial charge in [-0.3, -0.25) is 9.48 Å². The fourth-order valence-electron chi connectivity index (χ4n) is 1.85. The van der Waals surface area contributed by atoms with Gasteiger partial charge in [-0.2, -0.15) is 5.10 Å². The highest BCUT2D eigenvalue weighted by molar-refractivity contribution is 5.97. The second-order valence-electron chi connectivity index (χ2n) is 4.75. The van der Waals surface area contributed by atoms with Gasteiger partial charge in [-0.15, -0.1) is 0 Å². The van der Waals surface area contributed by atoms with Gasteiger partial charge in [-0.1, -0.05) is 6.07 Å². The van der Waals surface area contributed by atoms with E-state index in [9.17, 15) is 9.59 Å². The largest absolute Gasteiger partial charge is 0.478 e. The lowest BCUT2D eigenvalue weighted by atomic mass is 10.1. The van der Waals surface area contributed by atoms with Crippen molar-refractivity contribution in [2.45, 2.75) is 13.0 Å². The Bertz CT molecular complexity index is 693. The van der Waals surface area contributed by atoms with E-state index in [4.69, 9.17) is 10.8 Å². The number of anilines is 1. The molecule has 0 saturated heterocycles. The van der Waals surface area contributed by atoms with Crippen LogP contribution in [0, 0.1) is 6.92 Å². The summed E-state index contributed by atoms with van der Waals surface area (Å²) in [5.74, 6) is -1.48. The zero-order chi connectivity index (χ0) is 15.6. The molecule has 0 bridgehead atoms. The van der Waals surface area contributed by atoms with Gasteiger partial charge in [0.2, 0.25) is 5.91 Å². The predicted octanol–water partition coefficient (Wildman–Crippen LogP) is 1.07. The minimum atomic E-state index is -1.05. The number of rotatable bonds is 4. The molecule has 110 valence electrons. The fourth-order valence-corrected chi connectivity index (χ4v) is 1.85. The third-order valence-corrected chi connectivity index (χ3v) is 3.11. The highest BCUT2D eigenvalue weighted by atomic mass is 16.4. The number of nitrogens with two attached hydrogens (primary N) is 1. The van der Waals surface area contributed by atoms with E-state index < -0.39 is 17.9 Å². The van der Waals surface area contributed by atoms with E-state index in [1.54, 1.807) is 30.9 Å². The number of carbonyl (C=O) groups excluding carboxylic acids is 1. The SMILES string of the molecule is Cc1ccc(C(=O)O)cc1NC(=O)C(N)c1cnn(C)c1. The molecule has 7 nitrogen and oxygen atoms in total. The van der Waals surface area contributed by atoms with E-state index in [1.807, 2.05) is 0 Å². The Labute approximate surface area is 121 Å². The van der Waals surface area contributed by atoms with E-state index in [0.717, 1.165) is 5.56 Å². The molecule has 0 aliphatic rings. The van der Waals surface area contributed by atoms with E-state index in [2.05, 4.69) is 10.4 Å². The molecule has 2 rings (SSSR count). The lowest BCUT2D eigenvalue weighted by Crippen LogP contribution is -2.27.